The minimum absolute atomic E-state index is 0.820. The number of para-hydroxylation sites is 1. The fraction of sp³-hybridized carbons (Fsp3) is 0.0204. The van der Waals surface area contributed by atoms with Crippen LogP contribution in [0.5, 0.6) is 0 Å². The Bertz CT molecular complexity index is 2990. The van der Waals surface area contributed by atoms with Gasteiger partial charge in [-0.3, -0.25) is 0 Å². The molecular formula is C49H32N2S2. The monoisotopic (exact) mass is 712 g/mol. The Kier molecular flexibility index (Phi) is 7.00. The molecule has 1 aliphatic rings. The number of nitrogens with zero attached hydrogens (tertiary/aromatic N) is 2. The van der Waals surface area contributed by atoms with Crippen molar-refractivity contribution in [3.63, 3.8) is 0 Å². The Morgan fingerprint density at radius 1 is 0.434 bits per heavy atom. The summed E-state index contributed by atoms with van der Waals surface area (Å²) in [6.45, 7) is 0.820. The highest BCUT2D eigenvalue weighted by molar-refractivity contribution is 7.26. The van der Waals surface area contributed by atoms with Gasteiger partial charge in [-0.1, -0.05) is 115 Å². The Morgan fingerprint density at radius 3 is 1.94 bits per heavy atom. The summed E-state index contributed by atoms with van der Waals surface area (Å²) in [6.07, 6.45) is 0. The first kappa shape index (κ1) is 30.4. The van der Waals surface area contributed by atoms with Gasteiger partial charge in [0, 0.05) is 64.8 Å². The topological polar surface area (TPSA) is 6.48 Å². The summed E-state index contributed by atoms with van der Waals surface area (Å²) >= 11 is 3.74. The van der Waals surface area contributed by atoms with Crippen molar-refractivity contribution in [2.45, 2.75) is 6.54 Å². The molecule has 11 rings (SSSR count). The average Bonchev–Trinajstić information content (AvgIpc) is 3.80. The van der Waals surface area contributed by atoms with Crippen LogP contribution < -0.4 is 9.80 Å². The molecule has 0 saturated heterocycles. The first-order valence-electron chi connectivity index (χ1n) is 18.0. The third kappa shape index (κ3) is 4.98. The third-order valence-corrected chi connectivity index (χ3v) is 13.1. The Morgan fingerprint density at radius 2 is 1.09 bits per heavy atom. The number of hydrogen-bond donors (Lipinski definition) is 0. The summed E-state index contributed by atoms with van der Waals surface area (Å²) in [4.78, 5) is 4.92. The van der Waals surface area contributed by atoms with E-state index in [9.17, 15) is 0 Å². The molecule has 53 heavy (non-hydrogen) atoms. The van der Waals surface area contributed by atoms with Crippen LogP contribution in [0, 0.1) is 0 Å². The van der Waals surface area contributed by atoms with Crippen LogP contribution in [0.1, 0.15) is 5.56 Å². The summed E-state index contributed by atoms with van der Waals surface area (Å²) in [5.41, 5.74) is 12.2. The minimum atomic E-state index is 0.820. The summed E-state index contributed by atoms with van der Waals surface area (Å²) in [7, 11) is 0. The molecule has 0 unspecified atom stereocenters. The average molecular weight is 713 g/mol. The largest absolute Gasteiger partial charge is 0.336 e. The highest BCUT2D eigenvalue weighted by Gasteiger charge is 2.26. The van der Waals surface area contributed by atoms with Crippen molar-refractivity contribution in [1.29, 1.82) is 0 Å². The molecule has 0 bridgehead atoms. The normalized spacial score (nSPS) is 12.4. The van der Waals surface area contributed by atoms with E-state index in [2.05, 4.69) is 192 Å². The zero-order chi connectivity index (χ0) is 34.9. The summed E-state index contributed by atoms with van der Waals surface area (Å²) < 4.78 is 5.25. The van der Waals surface area contributed by atoms with Crippen molar-refractivity contribution in [1.82, 2.24) is 0 Å². The lowest BCUT2D eigenvalue weighted by Crippen LogP contribution is -2.22. The first-order chi connectivity index (χ1) is 26.3. The van der Waals surface area contributed by atoms with E-state index in [1.54, 1.807) is 0 Å². The predicted molar refractivity (Wildman–Crippen MR) is 230 cm³/mol. The van der Waals surface area contributed by atoms with Crippen LogP contribution in [0.4, 0.5) is 28.4 Å². The molecule has 8 aromatic carbocycles. The molecule has 0 radical (unpaired) electrons. The highest BCUT2D eigenvalue weighted by atomic mass is 32.1. The first-order valence-corrected chi connectivity index (χ1v) is 19.7. The van der Waals surface area contributed by atoms with Gasteiger partial charge in [0.25, 0.3) is 0 Å². The van der Waals surface area contributed by atoms with Crippen molar-refractivity contribution in [2.24, 2.45) is 0 Å². The van der Waals surface area contributed by atoms with Gasteiger partial charge in [0.05, 0.1) is 16.1 Å². The van der Waals surface area contributed by atoms with Crippen LogP contribution >= 0.6 is 22.7 Å². The van der Waals surface area contributed by atoms with E-state index < -0.39 is 0 Å². The van der Waals surface area contributed by atoms with Gasteiger partial charge in [0.1, 0.15) is 0 Å². The van der Waals surface area contributed by atoms with Crippen LogP contribution in [-0.4, -0.2) is 0 Å². The van der Waals surface area contributed by atoms with Gasteiger partial charge < -0.3 is 9.80 Å². The second-order valence-electron chi connectivity index (χ2n) is 13.7. The molecule has 3 heterocycles. The highest BCUT2D eigenvalue weighted by Crippen LogP contribution is 2.49. The fourth-order valence-corrected chi connectivity index (χ4v) is 10.5. The lowest BCUT2D eigenvalue weighted by Gasteiger charge is -2.35. The van der Waals surface area contributed by atoms with E-state index in [0.717, 1.165) is 17.9 Å². The van der Waals surface area contributed by atoms with Crippen molar-refractivity contribution in [3.05, 3.63) is 188 Å². The molecule has 2 nitrogen and oxygen atoms in total. The standard InChI is InChI=1S/C49H32N2S2/c1-2-12-35(13-3-1)50-31-34-11-4-5-14-38(34)39-27-26-37(30-45(39)50)51(44-18-10-17-42-40-15-6-9-20-47(40)53-49(42)44)36-24-21-32(22-25-36)33-23-28-48-43(29-33)41-16-7-8-19-46(41)52-48/h1-30H,31H2. The van der Waals surface area contributed by atoms with Crippen molar-refractivity contribution in [3.8, 4) is 22.3 Å². The van der Waals surface area contributed by atoms with Crippen LogP contribution in [-0.2, 0) is 6.54 Å². The Hall–Kier alpha value is -6.20. The van der Waals surface area contributed by atoms with Crippen LogP contribution in [0.2, 0.25) is 0 Å². The minimum Gasteiger partial charge on any atom is -0.336 e. The molecular weight excluding hydrogens is 681 g/mol. The van der Waals surface area contributed by atoms with Gasteiger partial charge in [-0.05, 0) is 89.0 Å². The van der Waals surface area contributed by atoms with Crippen LogP contribution in [0.15, 0.2) is 182 Å². The number of fused-ring (bicyclic) bond motifs is 9. The van der Waals surface area contributed by atoms with Crippen LogP contribution in [0.3, 0.4) is 0 Å². The van der Waals surface area contributed by atoms with Crippen molar-refractivity contribution >= 4 is 91.5 Å². The SMILES string of the molecule is c1ccc(N2Cc3ccccc3-c3ccc(N(c4ccc(-c5ccc6sc7ccccc7c6c5)cc4)c4cccc5c4sc4ccccc45)cc32)cc1. The summed E-state index contributed by atoms with van der Waals surface area (Å²) in [5, 5.41) is 5.24. The maximum Gasteiger partial charge on any atom is 0.0640 e. The molecule has 10 aromatic rings. The fourth-order valence-electron chi connectivity index (χ4n) is 8.17. The second-order valence-corrected chi connectivity index (χ2v) is 15.9. The zero-order valence-electron chi connectivity index (χ0n) is 28.7. The number of thiophene rings is 2. The van der Waals surface area contributed by atoms with Gasteiger partial charge in [-0.2, -0.15) is 0 Å². The van der Waals surface area contributed by atoms with Gasteiger partial charge in [0.2, 0.25) is 0 Å². The lowest BCUT2D eigenvalue weighted by molar-refractivity contribution is 0.960. The zero-order valence-corrected chi connectivity index (χ0v) is 30.4. The molecule has 0 amide bonds. The van der Waals surface area contributed by atoms with Gasteiger partial charge >= 0.3 is 0 Å². The molecule has 2 aromatic heterocycles. The quantitative estimate of drug-likeness (QED) is 0.175. The lowest BCUT2D eigenvalue weighted by atomic mass is 9.92. The number of rotatable bonds is 5. The van der Waals surface area contributed by atoms with Gasteiger partial charge in [-0.25, -0.2) is 0 Å². The molecule has 250 valence electrons. The summed E-state index contributed by atoms with van der Waals surface area (Å²) in [5.74, 6) is 0. The van der Waals surface area contributed by atoms with Gasteiger partial charge in [-0.15, -0.1) is 22.7 Å². The molecule has 0 fully saturated rings. The molecule has 0 atom stereocenters. The van der Waals surface area contributed by atoms with Crippen molar-refractivity contribution in [2.75, 3.05) is 9.80 Å². The maximum atomic E-state index is 2.47. The molecule has 0 saturated carbocycles. The van der Waals surface area contributed by atoms with E-state index in [1.807, 2.05) is 22.7 Å². The van der Waals surface area contributed by atoms with E-state index in [1.165, 1.54) is 85.2 Å². The smallest absolute Gasteiger partial charge is 0.0640 e. The van der Waals surface area contributed by atoms with E-state index in [-0.39, 0.29) is 0 Å². The Balaban J connectivity index is 1.09. The number of anilines is 5. The molecule has 4 heteroatoms. The predicted octanol–water partition coefficient (Wildman–Crippen LogP) is 14.9. The summed E-state index contributed by atoms with van der Waals surface area (Å²) in [6, 6.07) is 67.0. The maximum absolute atomic E-state index is 2.47. The van der Waals surface area contributed by atoms with E-state index in [0.29, 0.717) is 0 Å². The Labute approximate surface area is 316 Å². The van der Waals surface area contributed by atoms with E-state index in [4.69, 9.17) is 0 Å². The number of benzene rings is 8. The molecule has 0 aliphatic carbocycles. The third-order valence-electron chi connectivity index (χ3n) is 10.7. The van der Waals surface area contributed by atoms with Crippen molar-refractivity contribution < 1.29 is 0 Å². The van der Waals surface area contributed by atoms with Gasteiger partial charge in [0.15, 0.2) is 0 Å². The second kappa shape index (κ2) is 12.2. The molecule has 0 N–H and O–H groups in total. The van der Waals surface area contributed by atoms with E-state index >= 15 is 0 Å². The molecule has 1 aliphatic heterocycles. The molecule has 0 spiro atoms. The number of hydrogen-bond acceptors (Lipinski definition) is 4. The van der Waals surface area contributed by atoms with Crippen LogP contribution in [0.25, 0.3) is 62.6 Å².